The molecule has 0 atom stereocenters. The van der Waals surface area contributed by atoms with E-state index in [1.165, 1.54) is 0 Å². The van der Waals surface area contributed by atoms with E-state index in [4.69, 9.17) is 0 Å². The lowest BCUT2D eigenvalue weighted by atomic mass is 10.4. The first-order chi connectivity index (χ1) is 6.81. The fraction of sp³-hybridized carbons (Fsp3) is 0.625. The average molecular weight is 303 g/mol. The third-order valence-electron chi connectivity index (χ3n) is 1.86. The van der Waals surface area contributed by atoms with Gasteiger partial charge in [-0.15, -0.1) is 0 Å². The Labute approximate surface area is 98.4 Å². The minimum Gasteiger partial charge on any atom is -0.268 e. The zero-order chi connectivity index (χ0) is 11.6. The van der Waals surface area contributed by atoms with Gasteiger partial charge in [-0.25, -0.2) is 0 Å². The standard InChI is InChI=1S/C8H10BrF3N2S/c1-5-7(9)6(2)14(13-5)3-4-15-8(10,11)12/h3-4H2,1-2H3. The molecule has 15 heavy (non-hydrogen) atoms. The van der Waals surface area contributed by atoms with Gasteiger partial charge in [0.1, 0.15) is 0 Å². The highest BCUT2D eigenvalue weighted by molar-refractivity contribution is 9.10. The van der Waals surface area contributed by atoms with E-state index in [9.17, 15) is 13.2 Å². The summed E-state index contributed by atoms with van der Waals surface area (Å²) in [6.45, 7) is 3.90. The SMILES string of the molecule is Cc1nn(CCSC(F)(F)F)c(C)c1Br. The number of halogens is 4. The van der Waals surface area contributed by atoms with Crippen LogP contribution in [0.5, 0.6) is 0 Å². The van der Waals surface area contributed by atoms with Crippen molar-refractivity contribution in [2.24, 2.45) is 0 Å². The van der Waals surface area contributed by atoms with Gasteiger partial charge in [-0.2, -0.15) is 18.3 Å². The number of alkyl halides is 3. The molecule has 86 valence electrons. The van der Waals surface area contributed by atoms with Crippen LogP contribution < -0.4 is 0 Å². The molecule has 0 N–H and O–H groups in total. The summed E-state index contributed by atoms with van der Waals surface area (Å²) in [6.07, 6.45) is 0. The Kier molecular flexibility index (Phi) is 4.11. The lowest BCUT2D eigenvalue weighted by Crippen LogP contribution is -2.09. The lowest BCUT2D eigenvalue weighted by Gasteiger charge is -2.06. The third kappa shape index (κ3) is 3.71. The third-order valence-corrected chi connectivity index (χ3v) is 3.72. The average Bonchev–Trinajstić information content (AvgIpc) is 2.32. The topological polar surface area (TPSA) is 17.8 Å². The van der Waals surface area contributed by atoms with Gasteiger partial charge in [-0.3, -0.25) is 4.68 Å². The first-order valence-corrected chi connectivity index (χ1v) is 5.99. The van der Waals surface area contributed by atoms with Gasteiger partial charge < -0.3 is 0 Å². The van der Waals surface area contributed by atoms with E-state index in [-0.39, 0.29) is 24.1 Å². The summed E-state index contributed by atoms with van der Waals surface area (Å²) in [5.74, 6) is -0.0160. The molecule has 0 aliphatic carbocycles. The molecular weight excluding hydrogens is 293 g/mol. The van der Waals surface area contributed by atoms with Gasteiger partial charge in [0.05, 0.1) is 16.7 Å². The van der Waals surface area contributed by atoms with Crippen LogP contribution in [0.15, 0.2) is 4.47 Å². The number of thioether (sulfide) groups is 1. The zero-order valence-electron chi connectivity index (χ0n) is 8.23. The maximum absolute atomic E-state index is 11.9. The van der Waals surface area contributed by atoms with E-state index < -0.39 is 5.51 Å². The second kappa shape index (κ2) is 4.78. The number of nitrogens with zero attached hydrogens (tertiary/aromatic N) is 2. The summed E-state index contributed by atoms with van der Waals surface area (Å²) in [7, 11) is 0. The highest BCUT2D eigenvalue weighted by Crippen LogP contribution is 2.30. The van der Waals surface area contributed by atoms with Gasteiger partial charge in [0.2, 0.25) is 0 Å². The zero-order valence-corrected chi connectivity index (χ0v) is 10.6. The van der Waals surface area contributed by atoms with Crippen LogP contribution in [0.2, 0.25) is 0 Å². The molecule has 0 bridgehead atoms. The van der Waals surface area contributed by atoms with E-state index in [0.29, 0.717) is 0 Å². The highest BCUT2D eigenvalue weighted by Gasteiger charge is 2.27. The summed E-state index contributed by atoms with van der Waals surface area (Å²) in [6, 6.07) is 0. The van der Waals surface area contributed by atoms with Crippen molar-refractivity contribution in [2.45, 2.75) is 25.9 Å². The molecule has 0 aromatic carbocycles. The predicted octanol–water partition coefficient (Wildman–Crippen LogP) is 3.52. The van der Waals surface area contributed by atoms with Crippen LogP contribution in [0.25, 0.3) is 0 Å². The maximum Gasteiger partial charge on any atom is 0.441 e. The summed E-state index contributed by atoms with van der Waals surface area (Å²) < 4.78 is 38.0. The lowest BCUT2D eigenvalue weighted by molar-refractivity contribution is -0.0328. The number of aromatic nitrogens is 2. The van der Waals surface area contributed by atoms with Gasteiger partial charge in [-0.05, 0) is 41.5 Å². The largest absolute Gasteiger partial charge is 0.441 e. The molecule has 0 saturated heterocycles. The Morgan fingerprint density at radius 2 is 2.00 bits per heavy atom. The van der Waals surface area contributed by atoms with Crippen molar-refractivity contribution >= 4 is 27.7 Å². The Morgan fingerprint density at radius 3 is 2.40 bits per heavy atom. The van der Waals surface area contributed by atoms with Crippen molar-refractivity contribution in [1.82, 2.24) is 9.78 Å². The van der Waals surface area contributed by atoms with Crippen molar-refractivity contribution in [2.75, 3.05) is 5.75 Å². The van der Waals surface area contributed by atoms with Crippen LogP contribution >= 0.6 is 27.7 Å². The van der Waals surface area contributed by atoms with Crippen molar-refractivity contribution < 1.29 is 13.2 Å². The molecule has 0 spiro atoms. The van der Waals surface area contributed by atoms with Crippen molar-refractivity contribution in [3.05, 3.63) is 15.9 Å². The first kappa shape index (κ1) is 12.9. The minimum absolute atomic E-state index is 0.0160. The molecule has 1 aromatic rings. The highest BCUT2D eigenvalue weighted by atomic mass is 79.9. The van der Waals surface area contributed by atoms with Gasteiger partial charge >= 0.3 is 5.51 Å². The molecule has 1 aromatic heterocycles. The first-order valence-electron chi connectivity index (χ1n) is 4.21. The van der Waals surface area contributed by atoms with Gasteiger partial charge in [-0.1, -0.05) is 0 Å². The molecule has 0 radical (unpaired) electrons. The van der Waals surface area contributed by atoms with Crippen molar-refractivity contribution in [1.29, 1.82) is 0 Å². The second-order valence-corrected chi connectivity index (χ2v) is 4.95. The second-order valence-electron chi connectivity index (χ2n) is 3.00. The molecule has 0 saturated carbocycles. The van der Waals surface area contributed by atoms with Crippen molar-refractivity contribution in [3.63, 3.8) is 0 Å². The molecule has 0 aliphatic heterocycles. The summed E-state index contributed by atoms with van der Waals surface area (Å²) in [5, 5.41) is 4.12. The Bertz CT molecular complexity index is 348. The summed E-state index contributed by atoms with van der Waals surface area (Å²) in [4.78, 5) is 0. The molecule has 0 amide bonds. The van der Waals surface area contributed by atoms with E-state index in [1.807, 2.05) is 13.8 Å². The van der Waals surface area contributed by atoms with E-state index in [0.717, 1.165) is 15.9 Å². The van der Waals surface area contributed by atoms with Crippen LogP contribution in [-0.4, -0.2) is 21.0 Å². The van der Waals surface area contributed by atoms with Gasteiger partial charge in [0.25, 0.3) is 0 Å². The van der Waals surface area contributed by atoms with Crippen LogP contribution in [0, 0.1) is 13.8 Å². The fourth-order valence-corrected chi connectivity index (χ4v) is 1.92. The van der Waals surface area contributed by atoms with Crippen LogP contribution in [0.3, 0.4) is 0 Å². The molecule has 0 aliphatic rings. The molecule has 0 fully saturated rings. The van der Waals surface area contributed by atoms with E-state index >= 15 is 0 Å². The quantitative estimate of drug-likeness (QED) is 0.850. The minimum atomic E-state index is -4.16. The predicted molar refractivity (Wildman–Crippen MR) is 57.9 cm³/mol. The Morgan fingerprint density at radius 1 is 1.40 bits per heavy atom. The normalized spacial score (nSPS) is 12.1. The van der Waals surface area contributed by atoms with Crippen molar-refractivity contribution in [3.8, 4) is 0 Å². The van der Waals surface area contributed by atoms with Crippen LogP contribution in [0.4, 0.5) is 13.2 Å². The van der Waals surface area contributed by atoms with Gasteiger partial charge in [0.15, 0.2) is 0 Å². The number of aryl methyl sites for hydroxylation is 2. The van der Waals surface area contributed by atoms with Crippen LogP contribution in [0.1, 0.15) is 11.4 Å². The maximum atomic E-state index is 11.9. The molecule has 1 heterocycles. The summed E-state index contributed by atoms with van der Waals surface area (Å²) >= 11 is 3.30. The molecule has 1 rings (SSSR count). The molecular formula is C8H10BrF3N2S. The monoisotopic (exact) mass is 302 g/mol. The number of hydrogen-bond donors (Lipinski definition) is 0. The van der Waals surface area contributed by atoms with E-state index in [1.54, 1.807) is 4.68 Å². The number of rotatable bonds is 3. The number of hydrogen-bond acceptors (Lipinski definition) is 2. The summed E-state index contributed by atoms with van der Waals surface area (Å²) in [5.41, 5.74) is -2.51. The molecule has 2 nitrogen and oxygen atoms in total. The molecule has 7 heteroatoms. The van der Waals surface area contributed by atoms with Gasteiger partial charge in [0, 0.05) is 11.4 Å². The smallest absolute Gasteiger partial charge is 0.268 e. The Balaban J connectivity index is 2.55. The van der Waals surface area contributed by atoms with Crippen LogP contribution in [-0.2, 0) is 6.54 Å². The van der Waals surface area contributed by atoms with E-state index in [2.05, 4.69) is 21.0 Å². The fourth-order valence-electron chi connectivity index (χ4n) is 1.14. The Hall–Kier alpha value is -0.170. The molecule has 0 unspecified atom stereocenters.